The Morgan fingerprint density at radius 2 is 2.18 bits per heavy atom. The first kappa shape index (κ1) is 14.7. The summed E-state index contributed by atoms with van der Waals surface area (Å²) < 4.78 is 3.16. The summed E-state index contributed by atoms with van der Waals surface area (Å²) in [5.74, 6) is 0. The van der Waals surface area contributed by atoms with Crippen LogP contribution in [0.25, 0.3) is 0 Å². The van der Waals surface area contributed by atoms with E-state index in [-0.39, 0.29) is 6.54 Å². The van der Waals surface area contributed by atoms with Crippen LogP contribution in [0.1, 0.15) is 18.5 Å². The van der Waals surface area contributed by atoms with Gasteiger partial charge in [-0.15, -0.1) is 5.10 Å². The molecule has 0 fully saturated rings. The lowest BCUT2D eigenvalue weighted by molar-refractivity contribution is -0.0344. The summed E-state index contributed by atoms with van der Waals surface area (Å²) in [6.07, 6.45) is 6.25. The molecule has 0 amide bonds. The van der Waals surface area contributed by atoms with Crippen LogP contribution in [0.3, 0.4) is 0 Å². The van der Waals surface area contributed by atoms with Gasteiger partial charge in [-0.1, -0.05) is 35.0 Å². The standard InChI is InChI=1S/C14H15ClN6O/c1-11(21-7-6-17-19-21)14(22,8-20-10-16-9-18-20)12-4-2-3-5-13(12)15/h2-7,9-11,22H,8H2,1H3/t11-,14-/m1/s1. The largest absolute Gasteiger partial charge is 0.381 e. The highest BCUT2D eigenvalue weighted by Crippen LogP contribution is 2.37. The van der Waals surface area contributed by atoms with Gasteiger partial charge in [-0.2, -0.15) is 5.10 Å². The lowest BCUT2D eigenvalue weighted by Crippen LogP contribution is -2.40. The molecule has 22 heavy (non-hydrogen) atoms. The van der Waals surface area contributed by atoms with E-state index in [4.69, 9.17) is 11.6 Å². The van der Waals surface area contributed by atoms with Crippen molar-refractivity contribution in [2.45, 2.75) is 25.1 Å². The Labute approximate surface area is 132 Å². The molecule has 0 unspecified atom stereocenters. The molecule has 0 aliphatic heterocycles. The molecule has 0 saturated heterocycles. The fourth-order valence-electron chi connectivity index (χ4n) is 2.46. The Morgan fingerprint density at radius 1 is 1.36 bits per heavy atom. The summed E-state index contributed by atoms with van der Waals surface area (Å²) in [6, 6.07) is 6.80. The Hall–Kier alpha value is -2.25. The van der Waals surface area contributed by atoms with E-state index in [1.807, 2.05) is 19.1 Å². The molecule has 0 bridgehead atoms. The van der Waals surface area contributed by atoms with Gasteiger partial charge in [0, 0.05) is 16.8 Å². The van der Waals surface area contributed by atoms with E-state index in [2.05, 4.69) is 20.4 Å². The van der Waals surface area contributed by atoms with Crippen molar-refractivity contribution in [3.05, 3.63) is 59.9 Å². The van der Waals surface area contributed by atoms with Gasteiger partial charge < -0.3 is 5.11 Å². The third kappa shape index (κ3) is 2.60. The zero-order chi connectivity index (χ0) is 15.6. The first-order valence-corrected chi connectivity index (χ1v) is 7.14. The van der Waals surface area contributed by atoms with Crippen molar-refractivity contribution in [3.63, 3.8) is 0 Å². The quantitative estimate of drug-likeness (QED) is 0.774. The minimum Gasteiger partial charge on any atom is -0.381 e. The smallest absolute Gasteiger partial charge is 0.137 e. The normalized spacial score (nSPS) is 15.4. The lowest BCUT2D eigenvalue weighted by atomic mass is 9.87. The first-order valence-electron chi connectivity index (χ1n) is 6.77. The van der Waals surface area contributed by atoms with Gasteiger partial charge in [0.15, 0.2) is 0 Å². The predicted octanol–water partition coefficient (Wildman–Crippen LogP) is 1.67. The molecule has 7 nitrogen and oxygen atoms in total. The maximum Gasteiger partial charge on any atom is 0.137 e. The molecular weight excluding hydrogens is 304 g/mol. The summed E-state index contributed by atoms with van der Waals surface area (Å²) >= 11 is 6.30. The number of nitrogens with zero attached hydrogens (tertiary/aromatic N) is 6. The number of benzene rings is 1. The van der Waals surface area contributed by atoms with Crippen LogP contribution in [0.5, 0.6) is 0 Å². The molecule has 3 aromatic rings. The average molecular weight is 319 g/mol. The first-order chi connectivity index (χ1) is 10.6. The molecule has 2 heterocycles. The molecule has 1 aromatic carbocycles. The minimum absolute atomic E-state index is 0.192. The molecule has 2 aromatic heterocycles. The van der Waals surface area contributed by atoms with Gasteiger partial charge in [-0.3, -0.25) is 0 Å². The highest BCUT2D eigenvalue weighted by molar-refractivity contribution is 6.31. The summed E-state index contributed by atoms with van der Waals surface area (Å²) in [7, 11) is 0. The lowest BCUT2D eigenvalue weighted by Gasteiger charge is -2.34. The second-order valence-electron chi connectivity index (χ2n) is 5.06. The van der Waals surface area contributed by atoms with Gasteiger partial charge in [0.05, 0.1) is 18.8 Å². The number of halogens is 1. The van der Waals surface area contributed by atoms with Gasteiger partial charge in [0.1, 0.15) is 18.3 Å². The van der Waals surface area contributed by atoms with Crippen molar-refractivity contribution < 1.29 is 5.11 Å². The van der Waals surface area contributed by atoms with Gasteiger partial charge >= 0.3 is 0 Å². The third-order valence-corrected chi connectivity index (χ3v) is 4.07. The van der Waals surface area contributed by atoms with Crippen LogP contribution in [-0.2, 0) is 12.1 Å². The van der Waals surface area contributed by atoms with E-state index in [1.54, 1.807) is 40.2 Å². The van der Waals surface area contributed by atoms with Crippen LogP contribution in [-0.4, -0.2) is 34.9 Å². The molecule has 2 atom stereocenters. The summed E-state index contributed by atoms with van der Waals surface area (Å²) in [4.78, 5) is 3.92. The van der Waals surface area contributed by atoms with Crippen molar-refractivity contribution in [2.75, 3.05) is 0 Å². The van der Waals surface area contributed by atoms with E-state index in [9.17, 15) is 5.11 Å². The van der Waals surface area contributed by atoms with E-state index < -0.39 is 11.6 Å². The predicted molar refractivity (Wildman–Crippen MR) is 80.1 cm³/mol. The van der Waals surface area contributed by atoms with Crippen LogP contribution in [0.2, 0.25) is 5.02 Å². The molecular formula is C14H15ClN6O. The van der Waals surface area contributed by atoms with Crippen LogP contribution in [0, 0.1) is 0 Å². The van der Waals surface area contributed by atoms with Crippen LogP contribution in [0.15, 0.2) is 49.3 Å². The number of rotatable bonds is 5. The van der Waals surface area contributed by atoms with Crippen LogP contribution in [0.4, 0.5) is 0 Å². The highest BCUT2D eigenvalue weighted by Gasteiger charge is 2.39. The van der Waals surface area contributed by atoms with Gasteiger partial charge in [0.25, 0.3) is 0 Å². The molecule has 8 heteroatoms. The Balaban J connectivity index is 2.07. The van der Waals surface area contributed by atoms with E-state index in [0.29, 0.717) is 10.6 Å². The Kier molecular flexibility index (Phi) is 3.91. The van der Waals surface area contributed by atoms with Gasteiger partial charge in [-0.05, 0) is 13.0 Å². The van der Waals surface area contributed by atoms with E-state index in [0.717, 1.165) is 0 Å². The molecule has 3 rings (SSSR count). The molecule has 1 N–H and O–H groups in total. The summed E-state index contributed by atoms with van der Waals surface area (Å²) in [5.41, 5.74) is -0.713. The SMILES string of the molecule is C[C@@H](n1ccnn1)[C@](O)(Cn1cncn1)c1ccccc1Cl. The molecule has 0 aliphatic carbocycles. The second-order valence-corrected chi connectivity index (χ2v) is 5.46. The monoisotopic (exact) mass is 318 g/mol. The maximum absolute atomic E-state index is 11.4. The molecule has 114 valence electrons. The van der Waals surface area contributed by atoms with Crippen molar-refractivity contribution in [3.8, 4) is 0 Å². The van der Waals surface area contributed by atoms with E-state index >= 15 is 0 Å². The molecule has 0 saturated carbocycles. The van der Waals surface area contributed by atoms with Crippen LogP contribution < -0.4 is 0 Å². The van der Waals surface area contributed by atoms with Gasteiger partial charge in [-0.25, -0.2) is 14.3 Å². The number of aliphatic hydroxyl groups is 1. The average Bonchev–Trinajstić information content (AvgIpc) is 3.20. The molecule has 0 radical (unpaired) electrons. The number of hydrogen-bond acceptors (Lipinski definition) is 5. The number of aromatic nitrogens is 6. The molecule has 0 aliphatic rings. The van der Waals surface area contributed by atoms with Crippen LogP contribution >= 0.6 is 11.6 Å². The third-order valence-electron chi connectivity index (χ3n) is 3.74. The summed E-state index contributed by atoms with van der Waals surface area (Å²) in [6.45, 7) is 2.05. The number of hydrogen-bond donors (Lipinski definition) is 1. The zero-order valence-electron chi connectivity index (χ0n) is 11.9. The zero-order valence-corrected chi connectivity index (χ0v) is 12.7. The van der Waals surface area contributed by atoms with Crippen molar-refractivity contribution in [2.24, 2.45) is 0 Å². The maximum atomic E-state index is 11.4. The molecule has 0 spiro atoms. The Morgan fingerprint density at radius 3 is 2.82 bits per heavy atom. The van der Waals surface area contributed by atoms with Crippen molar-refractivity contribution in [1.82, 2.24) is 29.8 Å². The van der Waals surface area contributed by atoms with Crippen molar-refractivity contribution in [1.29, 1.82) is 0 Å². The van der Waals surface area contributed by atoms with Crippen molar-refractivity contribution >= 4 is 11.6 Å². The minimum atomic E-state index is -1.32. The summed E-state index contributed by atoms with van der Waals surface area (Å²) in [5, 5.41) is 23.8. The Bertz CT molecular complexity index is 730. The highest BCUT2D eigenvalue weighted by atomic mass is 35.5. The fraction of sp³-hybridized carbons (Fsp3) is 0.286. The topological polar surface area (TPSA) is 81.6 Å². The fourth-order valence-corrected chi connectivity index (χ4v) is 2.76. The van der Waals surface area contributed by atoms with Gasteiger partial charge in [0.2, 0.25) is 0 Å². The van der Waals surface area contributed by atoms with E-state index in [1.165, 1.54) is 6.33 Å². The second kappa shape index (κ2) is 5.86.